The molecule has 0 N–H and O–H groups in total. The van der Waals surface area contributed by atoms with Crippen LogP contribution < -0.4 is 0 Å². The average Bonchev–Trinajstić information content (AvgIpc) is 2.26. The molecular formula is C12H23ClO. The van der Waals surface area contributed by atoms with Gasteiger partial charge < -0.3 is 4.74 Å². The van der Waals surface area contributed by atoms with Crippen molar-refractivity contribution in [2.75, 3.05) is 19.1 Å². The van der Waals surface area contributed by atoms with Gasteiger partial charge in [-0.05, 0) is 19.3 Å². The highest BCUT2D eigenvalue weighted by molar-refractivity contribution is 6.18. The molecule has 1 heterocycles. The third-order valence-electron chi connectivity index (χ3n) is 3.25. The summed E-state index contributed by atoms with van der Waals surface area (Å²) in [7, 11) is 0. The topological polar surface area (TPSA) is 9.23 Å². The standard InChI is InChI=1S/C12H23ClO/c1-2-3-4-5-7-12(10-13)8-6-9-14-11-12/h2-11H2,1H3. The fourth-order valence-electron chi connectivity index (χ4n) is 2.21. The summed E-state index contributed by atoms with van der Waals surface area (Å²) in [5.74, 6) is 0.777. The number of halogens is 1. The van der Waals surface area contributed by atoms with Crippen LogP contribution in [-0.2, 0) is 4.74 Å². The second kappa shape index (κ2) is 6.68. The second-order valence-electron chi connectivity index (χ2n) is 4.60. The Morgan fingerprint density at radius 1 is 1.29 bits per heavy atom. The fraction of sp³-hybridized carbons (Fsp3) is 1.00. The maximum absolute atomic E-state index is 6.07. The van der Waals surface area contributed by atoms with Gasteiger partial charge in [0.25, 0.3) is 0 Å². The number of unbranched alkanes of at least 4 members (excludes halogenated alkanes) is 3. The molecule has 1 unspecified atom stereocenters. The van der Waals surface area contributed by atoms with E-state index in [9.17, 15) is 0 Å². The molecule has 0 radical (unpaired) electrons. The smallest absolute Gasteiger partial charge is 0.0533 e. The summed E-state index contributed by atoms with van der Waals surface area (Å²) in [6.07, 6.45) is 9.07. The van der Waals surface area contributed by atoms with Gasteiger partial charge in [0, 0.05) is 17.9 Å². The molecule has 14 heavy (non-hydrogen) atoms. The molecule has 0 aromatic carbocycles. The first-order chi connectivity index (χ1) is 6.83. The first-order valence-electron chi connectivity index (χ1n) is 5.97. The summed E-state index contributed by atoms with van der Waals surface area (Å²) in [6.45, 7) is 4.08. The predicted molar refractivity (Wildman–Crippen MR) is 62.0 cm³/mol. The van der Waals surface area contributed by atoms with Crippen molar-refractivity contribution in [3.05, 3.63) is 0 Å². The van der Waals surface area contributed by atoms with Gasteiger partial charge in [-0.3, -0.25) is 0 Å². The Kier molecular flexibility index (Phi) is 5.88. The molecule has 1 atom stereocenters. The Morgan fingerprint density at radius 2 is 2.14 bits per heavy atom. The molecule has 0 spiro atoms. The van der Waals surface area contributed by atoms with Crippen molar-refractivity contribution in [3.8, 4) is 0 Å². The first kappa shape index (κ1) is 12.3. The zero-order valence-electron chi connectivity index (χ0n) is 9.36. The quantitative estimate of drug-likeness (QED) is 0.484. The van der Waals surface area contributed by atoms with Gasteiger partial charge in [0.1, 0.15) is 0 Å². The summed E-state index contributed by atoms with van der Waals surface area (Å²) in [5.41, 5.74) is 0.313. The summed E-state index contributed by atoms with van der Waals surface area (Å²) < 4.78 is 5.55. The predicted octanol–water partition coefficient (Wildman–Crippen LogP) is 3.99. The van der Waals surface area contributed by atoms with Gasteiger partial charge in [0.15, 0.2) is 0 Å². The third-order valence-corrected chi connectivity index (χ3v) is 3.82. The Balaban J connectivity index is 2.22. The molecule has 0 bridgehead atoms. The van der Waals surface area contributed by atoms with E-state index in [2.05, 4.69) is 6.92 Å². The van der Waals surface area contributed by atoms with Crippen LogP contribution in [0, 0.1) is 5.41 Å². The van der Waals surface area contributed by atoms with Gasteiger partial charge in [-0.15, -0.1) is 11.6 Å². The molecule has 1 rings (SSSR count). The minimum absolute atomic E-state index is 0.313. The molecule has 2 heteroatoms. The number of hydrogen-bond donors (Lipinski definition) is 0. The fourth-order valence-corrected chi connectivity index (χ4v) is 2.55. The van der Waals surface area contributed by atoms with Crippen LogP contribution in [0.1, 0.15) is 51.9 Å². The van der Waals surface area contributed by atoms with Crippen LogP contribution in [0.2, 0.25) is 0 Å². The van der Waals surface area contributed by atoms with Gasteiger partial charge in [0.2, 0.25) is 0 Å². The first-order valence-corrected chi connectivity index (χ1v) is 6.50. The number of rotatable bonds is 6. The normalized spacial score (nSPS) is 27.9. The lowest BCUT2D eigenvalue weighted by Gasteiger charge is -2.35. The molecule has 0 aliphatic carbocycles. The molecule has 1 nitrogen and oxygen atoms in total. The monoisotopic (exact) mass is 218 g/mol. The summed E-state index contributed by atoms with van der Waals surface area (Å²) in [6, 6.07) is 0. The average molecular weight is 219 g/mol. The molecule has 1 aliphatic rings. The van der Waals surface area contributed by atoms with Crippen LogP contribution in [0.4, 0.5) is 0 Å². The maximum atomic E-state index is 6.07. The molecule has 84 valence electrons. The van der Waals surface area contributed by atoms with Crippen molar-refractivity contribution in [2.45, 2.75) is 51.9 Å². The summed E-state index contributed by atoms with van der Waals surface area (Å²) in [5, 5.41) is 0. The molecule has 0 amide bonds. The molecule has 1 fully saturated rings. The van der Waals surface area contributed by atoms with Crippen molar-refractivity contribution in [1.82, 2.24) is 0 Å². The van der Waals surface area contributed by atoms with Crippen molar-refractivity contribution < 1.29 is 4.74 Å². The highest BCUT2D eigenvalue weighted by atomic mass is 35.5. The van der Waals surface area contributed by atoms with E-state index >= 15 is 0 Å². The van der Waals surface area contributed by atoms with E-state index in [0.717, 1.165) is 19.1 Å². The van der Waals surface area contributed by atoms with Crippen LogP contribution >= 0.6 is 11.6 Å². The lowest BCUT2D eigenvalue weighted by molar-refractivity contribution is -0.00118. The van der Waals surface area contributed by atoms with Crippen LogP contribution in [0.25, 0.3) is 0 Å². The summed E-state index contributed by atoms with van der Waals surface area (Å²) >= 11 is 6.07. The summed E-state index contributed by atoms with van der Waals surface area (Å²) in [4.78, 5) is 0. The molecule has 0 saturated carbocycles. The van der Waals surface area contributed by atoms with Crippen molar-refractivity contribution in [1.29, 1.82) is 0 Å². The number of hydrogen-bond acceptors (Lipinski definition) is 1. The van der Waals surface area contributed by atoms with E-state index in [4.69, 9.17) is 16.3 Å². The number of ether oxygens (including phenoxy) is 1. The van der Waals surface area contributed by atoms with Gasteiger partial charge in [-0.25, -0.2) is 0 Å². The van der Waals surface area contributed by atoms with Crippen LogP contribution in [-0.4, -0.2) is 19.1 Å². The zero-order chi connectivity index (χ0) is 10.3. The minimum atomic E-state index is 0.313. The molecule has 0 aromatic heterocycles. The second-order valence-corrected chi connectivity index (χ2v) is 4.87. The largest absolute Gasteiger partial charge is 0.381 e. The maximum Gasteiger partial charge on any atom is 0.0533 e. The van der Waals surface area contributed by atoms with Crippen LogP contribution in [0.3, 0.4) is 0 Å². The van der Waals surface area contributed by atoms with E-state index in [1.807, 2.05) is 0 Å². The van der Waals surface area contributed by atoms with Crippen LogP contribution in [0.5, 0.6) is 0 Å². The lowest BCUT2D eigenvalue weighted by Crippen LogP contribution is -2.33. The van der Waals surface area contributed by atoms with Crippen molar-refractivity contribution in [2.24, 2.45) is 5.41 Å². The van der Waals surface area contributed by atoms with Crippen molar-refractivity contribution >= 4 is 11.6 Å². The minimum Gasteiger partial charge on any atom is -0.381 e. The third kappa shape index (κ3) is 3.78. The van der Waals surface area contributed by atoms with E-state index in [1.54, 1.807) is 0 Å². The van der Waals surface area contributed by atoms with E-state index in [-0.39, 0.29) is 0 Å². The van der Waals surface area contributed by atoms with Gasteiger partial charge in [-0.1, -0.05) is 32.6 Å². The molecule has 0 aromatic rings. The van der Waals surface area contributed by atoms with Crippen LogP contribution in [0.15, 0.2) is 0 Å². The highest BCUT2D eigenvalue weighted by Gasteiger charge is 2.31. The lowest BCUT2D eigenvalue weighted by atomic mass is 9.80. The van der Waals surface area contributed by atoms with E-state index < -0.39 is 0 Å². The van der Waals surface area contributed by atoms with E-state index in [1.165, 1.54) is 44.9 Å². The Morgan fingerprint density at radius 3 is 2.71 bits per heavy atom. The van der Waals surface area contributed by atoms with E-state index in [0.29, 0.717) is 5.41 Å². The van der Waals surface area contributed by atoms with Gasteiger partial charge >= 0.3 is 0 Å². The highest BCUT2D eigenvalue weighted by Crippen LogP contribution is 2.35. The van der Waals surface area contributed by atoms with Crippen molar-refractivity contribution in [3.63, 3.8) is 0 Å². The molecule has 1 aliphatic heterocycles. The number of alkyl halides is 1. The van der Waals surface area contributed by atoms with Gasteiger partial charge in [-0.2, -0.15) is 0 Å². The Bertz CT molecular complexity index is 141. The molecular weight excluding hydrogens is 196 g/mol. The Labute approximate surface area is 93.2 Å². The SMILES string of the molecule is CCCCCCC1(CCl)CCCOC1. The Hall–Kier alpha value is 0.250. The van der Waals surface area contributed by atoms with Gasteiger partial charge in [0.05, 0.1) is 6.61 Å². The zero-order valence-corrected chi connectivity index (χ0v) is 10.1. The molecule has 1 saturated heterocycles.